The molecule has 1 aromatic heterocycles. The molecule has 1 aliphatic carbocycles. The highest BCUT2D eigenvalue weighted by Crippen LogP contribution is 2.46. The average molecular weight is 569 g/mol. The summed E-state index contributed by atoms with van der Waals surface area (Å²) in [4.78, 5) is 12.6. The number of furan rings is 1. The van der Waals surface area contributed by atoms with Gasteiger partial charge < -0.3 is 14.9 Å². The predicted octanol–water partition coefficient (Wildman–Crippen LogP) is 6.05. The first-order chi connectivity index (χ1) is 13.4. The Morgan fingerprint density at radius 1 is 1.14 bits per heavy atom. The first-order valence-corrected chi connectivity index (χ1v) is 10.9. The molecule has 0 spiro atoms. The molecule has 0 radical (unpaired) electrons. The molecule has 1 atom stereocenters. The molecular formula is C20H13Br3N2O3. The van der Waals surface area contributed by atoms with Crippen molar-refractivity contribution >= 4 is 53.6 Å². The second kappa shape index (κ2) is 7.54. The van der Waals surface area contributed by atoms with Gasteiger partial charge in [-0.25, -0.2) is 0 Å². The van der Waals surface area contributed by atoms with Crippen molar-refractivity contribution in [2.45, 2.75) is 25.2 Å². The lowest BCUT2D eigenvalue weighted by molar-refractivity contribution is -0.116. The molecule has 0 fully saturated rings. The smallest absolute Gasteiger partial charge is 0.205 e. The van der Waals surface area contributed by atoms with Gasteiger partial charge in [0.2, 0.25) is 5.88 Å². The molecule has 0 unspecified atom stereocenters. The van der Waals surface area contributed by atoms with Gasteiger partial charge in [-0.1, -0.05) is 15.9 Å². The molecule has 1 aromatic carbocycles. The zero-order chi connectivity index (χ0) is 20.0. The normalized spacial score (nSPS) is 19.4. The number of hydrogen-bond donors (Lipinski definition) is 1. The Bertz CT molecular complexity index is 1090. The summed E-state index contributed by atoms with van der Waals surface area (Å²) < 4.78 is 14.3. The lowest BCUT2D eigenvalue weighted by Crippen LogP contribution is -2.27. The number of hydrogen-bond acceptors (Lipinski definition) is 5. The second-order valence-electron chi connectivity index (χ2n) is 6.48. The van der Waals surface area contributed by atoms with Crippen molar-refractivity contribution in [3.05, 3.63) is 66.2 Å². The van der Waals surface area contributed by atoms with Gasteiger partial charge in [-0.15, -0.1) is 0 Å². The van der Waals surface area contributed by atoms with Crippen LogP contribution in [0.2, 0.25) is 0 Å². The molecule has 4 rings (SSSR count). The molecule has 2 aliphatic rings. The lowest BCUT2D eigenvalue weighted by Gasteiger charge is -2.29. The Labute approximate surface area is 186 Å². The third-order valence-electron chi connectivity index (χ3n) is 4.77. The van der Waals surface area contributed by atoms with E-state index in [1.165, 1.54) is 0 Å². The van der Waals surface area contributed by atoms with Crippen LogP contribution in [0, 0.1) is 11.3 Å². The molecule has 1 aliphatic heterocycles. The maximum atomic E-state index is 12.6. The molecule has 5 nitrogen and oxygen atoms in total. The SMILES string of the molecule is N#CC1=C(N)OC2=C(C(=O)CCC2)[C@@H]1c1ccc(-c2c(Br)cc(Br)cc2Br)o1. The van der Waals surface area contributed by atoms with Crippen molar-refractivity contribution in [1.29, 1.82) is 5.26 Å². The summed E-state index contributed by atoms with van der Waals surface area (Å²) >= 11 is 10.6. The zero-order valence-electron chi connectivity index (χ0n) is 14.4. The van der Waals surface area contributed by atoms with Crippen LogP contribution in [0.1, 0.15) is 30.9 Å². The largest absolute Gasteiger partial charge is 0.460 e. The Morgan fingerprint density at radius 3 is 2.54 bits per heavy atom. The van der Waals surface area contributed by atoms with Crippen molar-refractivity contribution in [3.63, 3.8) is 0 Å². The number of ether oxygens (including phenoxy) is 1. The van der Waals surface area contributed by atoms with Crippen LogP contribution in [0.15, 0.2) is 64.9 Å². The van der Waals surface area contributed by atoms with Crippen LogP contribution in [0.5, 0.6) is 0 Å². The quantitative estimate of drug-likeness (QED) is 0.476. The Morgan fingerprint density at radius 2 is 1.86 bits per heavy atom. The van der Waals surface area contributed by atoms with Gasteiger partial charge in [0.25, 0.3) is 0 Å². The monoisotopic (exact) mass is 566 g/mol. The minimum Gasteiger partial charge on any atom is -0.460 e. The number of ketones is 1. The van der Waals surface area contributed by atoms with E-state index in [4.69, 9.17) is 14.9 Å². The molecule has 28 heavy (non-hydrogen) atoms. The topological polar surface area (TPSA) is 89.3 Å². The molecule has 0 saturated carbocycles. The van der Waals surface area contributed by atoms with Crippen LogP contribution in [-0.4, -0.2) is 5.78 Å². The Kier molecular flexibility index (Phi) is 5.25. The number of halogens is 3. The number of allylic oxidation sites excluding steroid dienone is 3. The van der Waals surface area contributed by atoms with Crippen LogP contribution in [0.3, 0.4) is 0 Å². The number of Topliss-reactive ketones (excluding diaryl/α,β-unsaturated/α-hetero) is 1. The van der Waals surface area contributed by atoms with E-state index in [-0.39, 0.29) is 17.2 Å². The summed E-state index contributed by atoms with van der Waals surface area (Å²) in [6.45, 7) is 0. The summed E-state index contributed by atoms with van der Waals surface area (Å²) in [7, 11) is 0. The minimum atomic E-state index is -0.650. The molecule has 0 bridgehead atoms. The fourth-order valence-electron chi connectivity index (χ4n) is 3.56. The number of nitriles is 1. The number of carbonyl (C=O) groups is 1. The van der Waals surface area contributed by atoms with Crippen molar-refractivity contribution in [1.82, 2.24) is 0 Å². The lowest BCUT2D eigenvalue weighted by atomic mass is 9.80. The minimum absolute atomic E-state index is 0.0320. The van der Waals surface area contributed by atoms with Gasteiger partial charge in [0.05, 0.1) is 5.92 Å². The standard InChI is InChI=1S/C20H13Br3N2O3/c21-9-6-11(22)18(12(23)7-9)16-5-4-15(27-16)17-10(8-24)20(25)28-14-3-1-2-13(26)19(14)17/h4-7,17H,1-3,25H2/t17-/m0/s1. The van der Waals surface area contributed by atoms with Crippen molar-refractivity contribution < 1.29 is 13.9 Å². The zero-order valence-corrected chi connectivity index (χ0v) is 19.1. The van der Waals surface area contributed by atoms with E-state index in [9.17, 15) is 10.1 Å². The number of carbonyl (C=O) groups excluding carboxylic acids is 1. The number of rotatable bonds is 2. The summed E-state index contributed by atoms with van der Waals surface area (Å²) in [5.41, 5.74) is 7.49. The first-order valence-electron chi connectivity index (χ1n) is 8.49. The van der Waals surface area contributed by atoms with Gasteiger partial charge in [-0.3, -0.25) is 4.79 Å². The fourth-order valence-corrected chi connectivity index (χ4v) is 6.21. The predicted molar refractivity (Wildman–Crippen MR) is 114 cm³/mol. The van der Waals surface area contributed by atoms with E-state index < -0.39 is 5.92 Å². The van der Waals surface area contributed by atoms with Gasteiger partial charge >= 0.3 is 0 Å². The fraction of sp³-hybridized carbons (Fsp3) is 0.200. The van der Waals surface area contributed by atoms with Gasteiger partial charge in [0.15, 0.2) is 5.78 Å². The highest BCUT2D eigenvalue weighted by Gasteiger charge is 2.39. The molecule has 2 aromatic rings. The maximum Gasteiger partial charge on any atom is 0.205 e. The van der Waals surface area contributed by atoms with E-state index in [1.54, 1.807) is 6.07 Å². The summed E-state index contributed by atoms with van der Waals surface area (Å²) in [5.74, 6) is 0.988. The van der Waals surface area contributed by atoms with E-state index in [0.29, 0.717) is 42.1 Å². The Balaban J connectivity index is 1.85. The average Bonchev–Trinajstić information content (AvgIpc) is 3.09. The number of benzene rings is 1. The molecule has 8 heteroatoms. The van der Waals surface area contributed by atoms with Gasteiger partial charge in [-0.05, 0) is 62.5 Å². The van der Waals surface area contributed by atoms with E-state index in [2.05, 4.69) is 53.9 Å². The highest BCUT2D eigenvalue weighted by molar-refractivity contribution is 9.11. The van der Waals surface area contributed by atoms with Crippen LogP contribution in [0.4, 0.5) is 0 Å². The van der Waals surface area contributed by atoms with Crippen molar-refractivity contribution in [2.24, 2.45) is 5.73 Å². The molecule has 142 valence electrons. The van der Waals surface area contributed by atoms with Crippen LogP contribution in [0.25, 0.3) is 11.3 Å². The summed E-state index contributed by atoms with van der Waals surface area (Å²) in [6.07, 6.45) is 1.75. The Hall–Kier alpha value is -1.82. The van der Waals surface area contributed by atoms with Crippen LogP contribution < -0.4 is 5.73 Å². The third-order valence-corrected chi connectivity index (χ3v) is 6.48. The van der Waals surface area contributed by atoms with Crippen LogP contribution in [-0.2, 0) is 9.53 Å². The molecule has 0 saturated heterocycles. The second-order valence-corrected chi connectivity index (χ2v) is 9.11. The van der Waals surface area contributed by atoms with Gasteiger partial charge in [0.1, 0.15) is 28.9 Å². The van der Waals surface area contributed by atoms with Crippen molar-refractivity contribution in [3.8, 4) is 17.4 Å². The third kappa shape index (κ3) is 3.25. The van der Waals surface area contributed by atoms with E-state index in [0.717, 1.165) is 19.0 Å². The number of nitrogens with zero attached hydrogens (tertiary/aromatic N) is 1. The van der Waals surface area contributed by atoms with Gasteiger partial charge in [0, 0.05) is 37.4 Å². The maximum absolute atomic E-state index is 12.6. The molecule has 2 N–H and O–H groups in total. The van der Waals surface area contributed by atoms with Gasteiger partial charge in [-0.2, -0.15) is 5.26 Å². The molecule has 0 amide bonds. The van der Waals surface area contributed by atoms with Crippen LogP contribution >= 0.6 is 47.8 Å². The summed E-state index contributed by atoms with van der Waals surface area (Å²) in [5, 5.41) is 9.65. The van der Waals surface area contributed by atoms with Crippen molar-refractivity contribution in [2.75, 3.05) is 0 Å². The molecular weight excluding hydrogens is 556 g/mol. The summed E-state index contributed by atoms with van der Waals surface area (Å²) in [6, 6.07) is 9.53. The van der Waals surface area contributed by atoms with E-state index in [1.807, 2.05) is 18.2 Å². The number of nitrogens with two attached hydrogens (primary N) is 1. The highest BCUT2D eigenvalue weighted by atomic mass is 79.9. The molecule has 2 heterocycles. The van der Waals surface area contributed by atoms with E-state index >= 15 is 0 Å². The first kappa shape index (κ1) is 19.5.